The van der Waals surface area contributed by atoms with E-state index in [-0.39, 0.29) is 10.6 Å². The van der Waals surface area contributed by atoms with Crippen molar-refractivity contribution in [2.24, 2.45) is 0 Å². The standard InChI is InChI=1S/C15H21N3O2/c1-2-17(13-5-7-14(8-6-13)18(19)20)15-9-11-3-4-12(10-15)16-11/h5-8,11-12,15-16H,2-4,9-10H2,1H3. The molecule has 2 saturated heterocycles. The van der Waals surface area contributed by atoms with Gasteiger partial charge in [-0.15, -0.1) is 0 Å². The van der Waals surface area contributed by atoms with Crippen LogP contribution in [0.15, 0.2) is 24.3 Å². The number of nitro benzene ring substituents is 1. The molecule has 2 unspecified atom stereocenters. The number of hydrogen-bond acceptors (Lipinski definition) is 4. The van der Waals surface area contributed by atoms with Crippen molar-refractivity contribution in [3.05, 3.63) is 34.4 Å². The SMILES string of the molecule is CCN(c1ccc([N+](=O)[O-])cc1)C1CC2CCC(C1)N2. The van der Waals surface area contributed by atoms with E-state index in [2.05, 4.69) is 17.1 Å². The first-order valence-electron chi connectivity index (χ1n) is 7.44. The molecular formula is C15H21N3O2. The van der Waals surface area contributed by atoms with Gasteiger partial charge in [-0.3, -0.25) is 10.1 Å². The minimum absolute atomic E-state index is 0.162. The summed E-state index contributed by atoms with van der Waals surface area (Å²) in [6, 6.07) is 8.84. The molecule has 2 aliphatic rings. The topological polar surface area (TPSA) is 58.4 Å². The van der Waals surface area contributed by atoms with Gasteiger partial charge in [0.15, 0.2) is 0 Å². The molecule has 0 radical (unpaired) electrons. The molecule has 2 atom stereocenters. The molecule has 2 fully saturated rings. The van der Waals surface area contributed by atoms with Crippen LogP contribution in [0.25, 0.3) is 0 Å². The third-order valence-electron chi connectivity index (χ3n) is 4.62. The molecule has 5 heteroatoms. The summed E-state index contributed by atoms with van der Waals surface area (Å²) in [5.74, 6) is 0. The van der Waals surface area contributed by atoms with Crippen molar-refractivity contribution in [3.8, 4) is 0 Å². The van der Waals surface area contributed by atoms with Crippen LogP contribution in [-0.4, -0.2) is 29.6 Å². The first-order chi connectivity index (χ1) is 9.67. The van der Waals surface area contributed by atoms with E-state index >= 15 is 0 Å². The van der Waals surface area contributed by atoms with Crippen molar-refractivity contribution in [1.29, 1.82) is 0 Å². The first-order valence-corrected chi connectivity index (χ1v) is 7.44. The van der Waals surface area contributed by atoms with Crippen LogP contribution in [0, 0.1) is 10.1 Å². The van der Waals surface area contributed by atoms with Gasteiger partial charge in [0, 0.05) is 42.5 Å². The van der Waals surface area contributed by atoms with Crippen molar-refractivity contribution < 1.29 is 4.92 Å². The Bertz CT molecular complexity index is 476. The van der Waals surface area contributed by atoms with E-state index in [1.54, 1.807) is 12.1 Å². The Labute approximate surface area is 119 Å². The second-order valence-electron chi connectivity index (χ2n) is 5.82. The lowest BCUT2D eigenvalue weighted by Gasteiger charge is -2.38. The maximum Gasteiger partial charge on any atom is 0.269 e. The van der Waals surface area contributed by atoms with Gasteiger partial charge >= 0.3 is 0 Å². The summed E-state index contributed by atoms with van der Waals surface area (Å²) in [6.45, 7) is 3.10. The van der Waals surface area contributed by atoms with Crippen LogP contribution in [0.3, 0.4) is 0 Å². The van der Waals surface area contributed by atoms with Crippen LogP contribution in [-0.2, 0) is 0 Å². The molecule has 3 rings (SSSR count). The highest BCUT2D eigenvalue weighted by Gasteiger charge is 2.35. The maximum absolute atomic E-state index is 10.7. The monoisotopic (exact) mass is 275 g/mol. The minimum atomic E-state index is -0.342. The van der Waals surface area contributed by atoms with Gasteiger partial charge in [-0.1, -0.05) is 0 Å². The lowest BCUT2D eigenvalue weighted by atomic mass is 9.97. The van der Waals surface area contributed by atoms with E-state index < -0.39 is 0 Å². The smallest absolute Gasteiger partial charge is 0.269 e. The number of nitrogens with one attached hydrogen (secondary N) is 1. The van der Waals surface area contributed by atoms with E-state index in [0.717, 1.165) is 12.2 Å². The first kappa shape index (κ1) is 13.4. The second kappa shape index (κ2) is 5.40. The van der Waals surface area contributed by atoms with Crippen molar-refractivity contribution >= 4 is 11.4 Å². The van der Waals surface area contributed by atoms with Crippen molar-refractivity contribution in [2.75, 3.05) is 11.4 Å². The zero-order valence-electron chi connectivity index (χ0n) is 11.8. The molecule has 2 aliphatic heterocycles. The van der Waals surface area contributed by atoms with E-state index in [1.807, 2.05) is 12.1 Å². The Morgan fingerprint density at radius 3 is 2.35 bits per heavy atom. The van der Waals surface area contributed by atoms with Gasteiger partial charge in [0.2, 0.25) is 0 Å². The third kappa shape index (κ3) is 2.50. The van der Waals surface area contributed by atoms with Crippen LogP contribution in [0.2, 0.25) is 0 Å². The molecule has 1 N–H and O–H groups in total. The summed E-state index contributed by atoms with van der Waals surface area (Å²) in [6.07, 6.45) is 4.95. The van der Waals surface area contributed by atoms with Gasteiger partial charge in [-0.25, -0.2) is 0 Å². The molecule has 5 nitrogen and oxygen atoms in total. The summed E-state index contributed by atoms with van der Waals surface area (Å²) < 4.78 is 0. The highest BCUT2D eigenvalue weighted by atomic mass is 16.6. The molecule has 0 aromatic heterocycles. The zero-order valence-corrected chi connectivity index (χ0v) is 11.8. The molecule has 0 spiro atoms. The Kier molecular flexibility index (Phi) is 3.61. The number of nitro groups is 1. The van der Waals surface area contributed by atoms with Crippen LogP contribution in [0.4, 0.5) is 11.4 Å². The maximum atomic E-state index is 10.7. The van der Waals surface area contributed by atoms with Gasteiger partial charge < -0.3 is 10.2 Å². The number of piperidine rings is 1. The second-order valence-corrected chi connectivity index (χ2v) is 5.82. The molecule has 2 bridgehead atoms. The average Bonchev–Trinajstić information content (AvgIpc) is 2.79. The number of anilines is 1. The number of fused-ring (bicyclic) bond motifs is 2. The zero-order chi connectivity index (χ0) is 14.1. The number of nitrogens with zero attached hydrogens (tertiary/aromatic N) is 2. The Balaban J connectivity index is 1.77. The summed E-state index contributed by atoms with van der Waals surface area (Å²) in [7, 11) is 0. The van der Waals surface area contributed by atoms with Crippen LogP contribution < -0.4 is 10.2 Å². The van der Waals surface area contributed by atoms with Gasteiger partial charge in [0.05, 0.1) is 4.92 Å². The van der Waals surface area contributed by atoms with Gasteiger partial charge in [0.1, 0.15) is 0 Å². The largest absolute Gasteiger partial charge is 0.369 e. The van der Waals surface area contributed by atoms with Gasteiger partial charge in [-0.05, 0) is 44.7 Å². The lowest BCUT2D eigenvalue weighted by molar-refractivity contribution is -0.384. The molecule has 108 valence electrons. The van der Waals surface area contributed by atoms with E-state index in [1.165, 1.54) is 25.7 Å². The number of hydrogen-bond donors (Lipinski definition) is 1. The van der Waals surface area contributed by atoms with E-state index in [9.17, 15) is 10.1 Å². The van der Waals surface area contributed by atoms with Crippen molar-refractivity contribution in [1.82, 2.24) is 5.32 Å². The Morgan fingerprint density at radius 2 is 1.85 bits per heavy atom. The Hall–Kier alpha value is -1.62. The number of benzene rings is 1. The van der Waals surface area contributed by atoms with Crippen LogP contribution >= 0.6 is 0 Å². The highest BCUT2D eigenvalue weighted by Crippen LogP contribution is 2.32. The normalized spacial score (nSPS) is 28.4. The van der Waals surface area contributed by atoms with E-state index in [0.29, 0.717) is 18.1 Å². The predicted octanol–water partition coefficient (Wildman–Crippen LogP) is 2.70. The third-order valence-corrected chi connectivity index (χ3v) is 4.62. The van der Waals surface area contributed by atoms with Gasteiger partial charge in [-0.2, -0.15) is 0 Å². The average molecular weight is 275 g/mol. The molecule has 20 heavy (non-hydrogen) atoms. The fourth-order valence-corrected chi connectivity index (χ4v) is 3.70. The minimum Gasteiger partial charge on any atom is -0.369 e. The molecule has 0 amide bonds. The Morgan fingerprint density at radius 1 is 1.25 bits per heavy atom. The summed E-state index contributed by atoms with van der Waals surface area (Å²) >= 11 is 0. The molecule has 1 aromatic rings. The van der Waals surface area contributed by atoms with Crippen LogP contribution in [0.1, 0.15) is 32.6 Å². The van der Waals surface area contributed by atoms with E-state index in [4.69, 9.17) is 0 Å². The summed E-state index contributed by atoms with van der Waals surface area (Å²) in [4.78, 5) is 12.8. The molecule has 0 aliphatic carbocycles. The molecular weight excluding hydrogens is 254 g/mol. The molecule has 2 heterocycles. The molecule has 1 aromatic carbocycles. The number of rotatable bonds is 4. The van der Waals surface area contributed by atoms with Crippen molar-refractivity contribution in [2.45, 2.75) is 50.7 Å². The quantitative estimate of drug-likeness (QED) is 0.678. The number of non-ortho nitro benzene ring substituents is 1. The predicted molar refractivity (Wildman–Crippen MR) is 79.1 cm³/mol. The van der Waals surface area contributed by atoms with Crippen LogP contribution in [0.5, 0.6) is 0 Å². The van der Waals surface area contributed by atoms with Crippen molar-refractivity contribution in [3.63, 3.8) is 0 Å². The fourth-order valence-electron chi connectivity index (χ4n) is 3.70. The summed E-state index contributed by atoms with van der Waals surface area (Å²) in [5, 5.41) is 14.4. The lowest BCUT2D eigenvalue weighted by Crippen LogP contribution is -2.48. The highest BCUT2D eigenvalue weighted by molar-refractivity contribution is 5.51. The fraction of sp³-hybridized carbons (Fsp3) is 0.600. The van der Waals surface area contributed by atoms with Gasteiger partial charge in [0.25, 0.3) is 5.69 Å². The molecule has 0 saturated carbocycles. The summed E-state index contributed by atoms with van der Waals surface area (Å²) in [5.41, 5.74) is 1.26.